The highest BCUT2D eigenvalue weighted by atomic mass is 16.5. The van der Waals surface area contributed by atoms with Gasteiger partial charge in [-0.2, -0.15) is 4.57 Å². The Hall–Kier alpha value is -1.64. The van der Waals surface area contributed by atoms with Gasteiger partial charge in [-0.3, -0.25) is 4.79 Å². The number of rotatable bonds is 2. The Labute approximate surface area is 95.4 Å². The summed E-state index contributed by atoms with van der Waals surface area (Å²) in [7, 11) is 1.45. The van der Waals surface area contributed by atoms with Gasteiger partial charge in [0.2, 0.25) is 0 Å². The Morgan fingerprint density at radius 1 is 1.38 bits per heavy atom. The van der Waals surface area contributed by atoms with E-state index in [2.05, 4.69) is 10.6 Å². The number of carbonyl (C=O) groups excluding carboxylic acids is 1. The van der Waals surface area contributed by atoms with E-state index < -0.39 is 0 Å². The average Bonchev–Trinajstić information content (AvgIpc) is 2.39. The second kappa shape index (κ2) is 4.92. The second-order valence-corrected chi connectivity index (χ2v) is 3.98. The van der Waals surface area contributed by atoms with E-state index in [-0.39, 0.29) is 11.9 Å². The van der Waals surface area contributed by atoms with Gasteiger partial charge >= 0.3 is 5.97 Å². The standard InChI is InChI=1S/C13H16NO2/c1-16-13(15)11-6-5-7-12(10-11)14-8-3-2-4-9-14/h2-4,7-9,11H,5-6,10H2,1H3/q+1. The molecule has 16 heavy (non-hydrogen) atoms. The van der Waals surface area contributed by atoms with Crippen LogP contribution in [0.3, 0.4) is 0 Å². The number of aromatic nitrogens is 1. The summed E-state index contributed by atoms with van der Waals surface area (Å²) in [5.41, 5.74) is 1.18. The zero-order chi connectivity index (χ0) is 11.4. The van der Waals surface area contributed by atoms with Gasteiger partial charge in [-0.25, -0.2) is 0 Å². The molecule has 1 atom stereocenters. The summed E-state index contributed by atoms with van der Waals surface area (Å²) in [5, 5.41) is 0. The maximum Gasteiger partial charge on any atom is 0.309 e. The molecule has 0 saturated heterocycles. The van der Waals surface area contributed by atoms with E-state index in [0.29, 0.717) is 0 Å². The van der Waals surface area contributed by atoms with E-state index in [4.69, 9.17) is 4.74 Å². The van der Waals surface area contributed by atoms with Crippen LogP contribution in [0.2, 0.25) is 0 Å². The largest absolute Gasteiger partial charge is 0.469 e. The number of carbonyl (C=O) groups is 1. The first-order valence-corrected chi connectivity index (χ1v) is 5.55. The Morgan fingerprint density at radius 3 is 2.81 bits per heavy atom. The average molecular weight is 218 g/mol. The van der Waals surface area contributed by atoms with Crippen molar-refractivity contribution in [3.63, 3.8) is 0 Å². The first kappa shape index (κ1) is 10.9. The highest BCUT2D eigenvalue weighted by molar-refractivity contribution is 5.74. The SMILES string of the molecule is COC(=O)C1CCC=C([n+]2ccccc2)C1. The van der Waals surface area contributed by atoms with E-state index in [9.17, 15) is 4.79 Å². The molecule has 0 aliphatic heterocycles. The molecule has 0 saturated carbocycles. The smallest absolute Gasteiger partial charge is 0.309 e. The van der Waals surface area contributed by atoms with E-state index in [1.54, 1.807) is 0 Å². The van der Waals surface area contributed by atoms with Crippen LogP contribution in [0.25, 0.3) is 5.70 Å². The number of pyridine rings is 1. The molecule has 1 unspecified atom stereocenters. The molecular weight excluding hydrogens is 202 g/mol. The Balaban J connectivity index is 2.13. The molecule has 0 spiro atoms. The predicted molar refractivity (Wildman–Crippen MR) is 60.3 cm³/mol. The van der Waals surface area contributed by atoms with Crippen molar-refractivity contribution in [1.82, 2.24) is 0 Å². The van der Waals surface area contributed by atoms with Gasteiger partial charge in [-0.05, 0) is 18.9 Å². The number of hydrogen-bond acceptors (Lipinski definition) is 2. The lowest BCUT2D eigenvalue weighted by molar-refractivity contribution is -0.584. The lowest BCUT2D eigenvalue weighted by Gasteiger charge is -2.16. The minimum absolute atomic E-state index is 0.0118. The lowest BCUT2D eigenvalue weighted by Crippen LogP contribution is -2.35. The third-order valence-corrected chi connectivity index (χ3v) is 2.93. The molecule has 3 heteroatoms. The second-order valence-electron chi connectivity index (χ2n) is 3.98. The molecular formula is C13H16NO2+. The summed E-state index contributed by atoms with van der Waals surface area (Å²) in [6.07, 6.45) is 8.80. The zero-order valence-corrected chi connectivity index (χ0v) is 9.43. The van der Waals surface area contributed by atoms with Crippen molar-refractivity contribution in [3.8, 4) is 0 Å². The number of ether oxygens (including phenoxy) is 1. The van der Waals surface area contributed by atoms with Crippen LogP contribution < -0.4 is 4.57 Å². The maximum absolute atomic E-state index is 11.5. The molecule has 1 aliphatic rings. The van der Waals surface area contributed by atoms with Crippen LogP contribution in [0.5, 0.6) is 0 Å². The van der Waals surface area contributed by atoms with E-state index in [1.165, 1.54) is 12.8 Å². The highest BCUT2D eigenvalue weighted by Crippen LogP contribution is 2.24. The molecule has 1 aromatic heterocycles. The monoisotopic (exact) mass is 218 g/mol. The topological polar surface area (TPSA) is 30.2 Å². The van der Waals surface area contributed by atoms with Gasteiger partial charge in [0.15, 0.2) is 18.1 Å². The van der Waals surface area contributed by atoms with Crippen molar-refractivity contribution in [1.29, 1.82) is 0 Å². The van der Waals surface area contributed by atoms with Crippen LogP contribution in [0, 0.1) is 5.92 Å². The molecule has 1 heterocycles. The molecule has 0 N–H and O–H groups in total. The summed E-state index contributed by atoms with van der Waals surface area (Å²) < 4.78 is 6.86. The molecule has 0 fully saturated rings. The summed E-state index contributed by atoms with van der Waals surface area (Å²) in [6.45, 7) is 0. The van der Waals surface area contributed by atoms with Crippen molar-refractivity contribution >= 4 is 11.7 Å². The van der Waals surface area contributed by atoms with Crippen molar-refractivity contribution in [2.45, 2.75) is 19.3 Å². The number of nitrogens with zero attached hydrogens (tertiary/aromatic N) is 1. The van der Waals surface area contributed by atoms with Crippen LogP contribution >= 0.6 is 0 Å². The Bertz CT molecular complexity index is 398. The number of hydrogen-bond donors (Lipinski definition) is 0. The fraction of sp³-hybridized carbons (Fsp3) is 0.385. The first-order valence-electron chi connectivity index (χ1n) is 5.55. The number of methoxy groups -OCH3 is 1. The molecule has 84 valence electrons. The minimum atomic E-state index is -0.0952. The Morgan fingerprint density at radius 2 is 2.12 bits per heavy atom. The number of allylic oxidation sites excluding steroid dienone is 2. The van der Waals surface area contributed by atoms with Gasteiger partial charge in [-0.15, -0.1) is 0 Å². The van der Waals surface area contributed by atoms with E-state index in [0.717, 1.165) is 19.3 Å². The predicted octanol–water partition coefficient (Wildman–Crippen LogP) is 1.79. The van der Waals surface area contributed by atoms with E-state index >= 15 is 0 Å². The van der Waals surface area contributed by atoms with Gasteiger partial charge in [-0.1, -0.05) is 6.07 Å². The quantitative estimate of drug-likeness (QED) is 0.559. The molecule has 3 nitrogen and oxygen atoms in total. The summed E-state index contributed by atoms with van der Waals surface area (Å²) in [5.74, 6) is -0.0835. The normalized spacial score (nSPS) is 20.1. The third kappa shape index (κ3) is 2.30. The fourth-order valence-corrected chi connectivity index (χ4v) is 2.06. The van der Waals surface area contributed by atoms with Crippen molar-refractivity contribution in [3.05, 3.63) is 36.7 Å². The van der Waals surface area contributed by atoms with Crippen LogP contribution in [-0.2, 0) is 9.53 Å². The Kier molecular flexibility index (Phi) is 3.34. The van der Waals surface area contributed by atoms with Gasteiger partial charge in [0.05, 0.1) is 13.0 Å². The molecule has 1 aromatic rings. The zero-order valence-electron chi connectivity index (χ0n) is 9.43. The molecule has 0 amide bonds. The number of esters is 1. The van der Waals surface area contributed by atoms with Crippen LogP contribution in [0.15, 0.2) is 36.7 Å². The molecule has 2 rings (SSSR count). The third-order valence-electron chi connectivity index (χ3n) is 2.93. The lowest BCUT2D eigenvalue weighted by atomic mass is 9.92. The minimum Gasteiger partial charge on any atom is -0.469 e. The molecule has 0 bridgehead atoms. The van der Waals surface area contributed by atoms with Gasteiger partial charge in [0.1, 0.15) is 0 Å². The van der Waals surface area contributed by atoms with Gasteiger partial charge in [0.25, 0.3) is 0 Å². The van der Waals surface area contributed by atoms with E-state index in [1.807, 2.05) is 30.6 Å². The molecule has 0 aromatic carbocycles. The highest BCUT2D eigenvalue weighted by Gasteiger charge is 2.27. The van der Waals surface area contributed by atoms with Crippen molar-refractivity contribution in [2.75, 3.05) is 7.11 Å². The molecule has 1 aliphatic carbocycles. The van der Waals surface area contributed by atoms with Crippen LogP contribution in [0.1, 0.15) is 19.3 Å². The summed E-state index contributed by atoms with van der Waals surface area (Å²) >= 11 is 0. The van der Waals surface area contributed by atoms with Crippen LogP contribution in [-0.4, -0.2) is 13.1 Å². The summed E-state index contributed by atoms with van der Waals surface area (Å²) in [4.78, 5) is 11.5. The molecule has 0 radical (unpaired) electrons. The maximum atomic E-state index is 11.5. The summed E-state index contributed by atoms with van der Waals surface area (Å²) in [6, 6.07) is 5.96. The van der Waals surface area contributed by atoms with Crippen molar-refractivity contribution in [2.24, 2.45) is 5.92 Å². The van der Waals surface area contributed by atoms with Gasteiger partial charge < -0.3 is 4.74 Å². The first-order chi connectivity index (χ1) is 7.81. The van der Waals surface area contributed by atoms with Crippen LogP contribution in [0.4, 0.5) is 0 Å². The van der Waals surface area contributed by atoms with Gasteiger partial charge in [0, 0.05) is 18.6 Å². The fourth-order valence-electron chi connectivity index (χ4n) is 2.06. The van der Waals surface area contributed by atoms with Crippen molar-refractivity contribution < 1.29 is 14.1 Å².